The van der Waals surface area contributed by atoms with Gasteiger partial charge in [0.1, 0.15) is 5.60 Å². The van der Waals surface area contributed by atoms with E-state index in [0.29, 0.717) is 19.7 Å². The predicted octanol–water partition coefficient (Wildman–Crippen LogP) is 2.17. The van der Waals surface area contributed by atoms with Gasteiger partial charge in [0.15, 0.2) is 0 Å². The minimum absolute atomic E-state index is 0.00812. The van der Waals surface area contributed by atoms with Crippen LogP contribution in [0.5, 0.6) is 0 Å². The molecule has 0 radical (unpaired) electrons. The van der Waals surface area contributed by atoms with Crippen LogP contribution in [0.15, 0.2) is 0 Å². The van der Waals surface area contributed by atoms with Crippen molar-refractivity contribution in [1.29, 1.82) is 0 Å². The van der Waals surface area contributed by atoms with E-state index in [1.807, 2.05) is 20.8 Å². The third-order valence-electron chi connectivity index (χ3n) is 3.34. The van der Waals surface area contributed by atoms with E-state index in [1.165, 1.54) is 0 Å². The molecule has 0 aliphatic carbocycles. The SMILES string of the molecule is CCC1(OCCO)CCCN(C(=O)OC(C)(C)C)C1. The van der Waals surface area contributed by atoms with Crippen LogP contribution in [0.25, 0.3) is 0 Å². The van der Waals surface area contributed by atoms with E-state index in [0.717, 1.165) is 19.3 Å². The maximum Gasteiger partial charge on any atom is 0.410 e. The summed E-state index contributed by atoms with van der Waals surface area (Å²) in [4.78, 5) is 13.8. The number of likely N-dealkylation sites (tertiary alicyclic amines) is 1. The molecular formula is C14H27NO4. The Labute approximate surface area is 115 Å². The van der Waals surface area contributed by atoms with Crippen molar-refractivity contribution in [2.75, 3.05) is 26.3 Å². The van der Waals surface area contributed by atoms with Crippen LogP contribution in [0.1, 0.15) is 47.0 Å². The molecule has 1 aliphatic rings. The fourth-order valence-corrected chi connectivity index (χ4v) is 2.35. The van der Waals surface area contributed by atoms with Crippen molar-refractivity contribution in [2.45, 2.75) is 58.2 Å². The summed E-state index contributed by atoms with van der Waals surface area (Å²) in [7, 11) is 0. The first-order chi connectivity index (χ1) is 8.82. The molecule has 1 saturated heterocycles. The van der Waals surface area contributed by atoms with Crippen molar-refractivity contribution in [3.05, 3.63) is 0 Å². The van der Waals surface area contributed by atoms with Crippen molar-refractivity contribution in [1.82, 2.24) is 4.90 Å². The smallest absolute Gasteiger partial charge is 0.410 e. The number of carbonyl (C=O) groups is 1. The van der Waals surface area contributed by atoms with Crippen LogP contribution in [-0.2, 0) is 9.47 Å². The van der Waals surface area contributed by atoms with Gasteiger partial charge in [-0.15, -0.1) is 0 Å². The number of hydrogen-bond acceptors (Lipinski definition) is 4. The van der Waals surface area contributed by atoms with Gasteiger partial charge >= 0.3 is 6.09 Å². The molecule has 1 heterocycles. The maximum atomic E-state index is 12.1. The van der Waals surface area contributed by atoms with E-state index in [1.54, 1.807) is 4.90 Å². The minimum Gasteiger partial charge on any atom is -0.444 e. The zero-order valence-corrected chi connectivity index (χ0v) is 12.6. The van der Waals surface area contributed by atoms with E-state index in [2.05, 4.69) is 6.92 Å². The molecule has 1 atom stereocenters. The number of piperidine rings is 1. The van der Waals surface area contributed by atoms with Crippen LogP contribution in [0.4, 0.5) is 4.79 Å². The number of rotatable bonds is 4. The number of nitrogens with zero attached hydrogens (tertiary/aromatic N) is 1. The summed E-state index contributed by atoms with van der Waals surface area (Å²) < 4.78 is 11.2. The molecule has 0 spiro atoms. The lowest BCUT2D eigenvalue weighted by atomic mass is 9.90. The number of amides is 1. The summed E-state index contributed by atoms with van der Waals surface area (Å²) in [6.07, 6.45) is 2.37. The molecule has 1 fully saturated rings. The summed E-state index contributed by atoms with van der Waals surface area (Å²) in [5.74, 6) is 0. The molecular weight excluding hydrogens is 246 g/mol. The van der Waals surface area contributed by atoms with Crippen molar-refractivity contribution in [2.24, 2.45) is 0 Å². The normalized spacial score (nSPS) is 24.4. The Balaban J connectivity index is 2.64. The average molecular weight is 273 g/mol. The number of aliphatic hydroxyl groups is 1. The lowest BCUT2D eigenvalue weighted by Gasteiger charge is -2.42. The highest BCUT2D eigenvalue weighted by atomic mass is 16.6. The number of carbonyl (C=O) groups excluding carboxylic acids is 1. The number of hydrogen-bond donors (Lipinski definition) is 1. The molecule has 112 valence electrons. The number of ether oxygens (including phenoxy) is 2. The minimum atomic E-state index is -0.477. The Morgan fingerprint density at radius 1 is 1.42 bits per heavy atom. The summed E-state index contributed by atoms with van der Waals surface area (Å²) in [6.45, 7) is 9.22. The Kier molecular flexibility index (Phi) is 5.62. The Bertz CT molecular complexity index is 300. The molecule has 0 aromatic heterocycles. The van der Waals surface area contributed by atoms with Crippen molar-refractivity contribution in [3.8, 4) is 0 Å². The van der Waals surface area contributed by atoms with Crippen LogP contribution in [0, 0.1) is 0 Å². The third kappa shape index (κ3) is 4.99. The molecule has 0 aromatic carbocycles. The molecule has 0 saturated carbocycles. The molecule has 1 aliphatic heterocycles. The lowest BCUT2D eigenvalue weighted by molar-refractivity contribution is -0.100. The largest absolute Gasteiger partial charge is 0.444 e. The predicted molar refractivity (Wildman–Crippen MR) is 73.1 cm³/mol. The van der Waals surface area contributed by atoms with Gasteiger partial charge in [0.25, 0.3) is 0 Å². The van der Waals surface area contributed by atoms with Gasteiger partial charge in [-0.3, -0.25) is 0 Å². The summed E-state index contributed by atoms with van der Waals surface area (Å²) in [6, 6.07) is 0. The highest BCUT2D eigenvalue weighted by molar-refractivity contribution is 5.68. The van der Waals surface area contributed by atoms with Gasteiger partial charge in [-0.25, -0.2) is 4.79 Å². The van der Waals surface area contributed by atoms with Crippen LogP contribution in [0.2, 0.25) is 0 Å². The topological polar surface area (TPSA) is 59.0 Å². The molecule has 19 heavy (non-hydrogen) atoms. The van der Waals surface area contributed by atoms with Crippen LogP contribution in [0.3, 0.4) is 0 Å². The lowest BCUT2D eigenvalue weighted by Crippen LogP contribution is -2.52. The zero-order chi connectivity index (χ0) is 14.5. The average Bonchev–Trinajstić information content (AvgIpc) is 2.34. The second-order valence-electron chi connectivity index (χ2n) is 6.11. The van der Waals surface area contributed by atoms with Gasteiger partial charge in [0, 0.05) is 6.54 Å². The maximum absolute atomic E-state index is 12.1. The molecule has 1 unspecified atom stereocenters. The van der Waals surface area contributed by atoms with Gasteiger partial charge in [-0.2, -0.15) is 0 Å². The summed E-state index contributed by atoms with van der Waals surface area (Å²) >= 11 is 0. The zero-order valence-electron chi connectivity index (χ0n) is 12.6. The van der Waals surface area contributed by atoms with E-state index >= 15 is 0 Å². The van der Waals surface area contributed by atoms with Crippen LogP contribution < -0.4 is 0 Å². The van der Waals surface area contributed by atoms with Gasteiger partial charge in [-0.05, 0) is 40.0 Å². The van der Waals surface area contributed by atoms with Crippen molar-refractivity contribution < 1.29 is 19.4 Å². The second-order valence-corrected chi connectivity index (χ2v) is 6.11. The second kappa shape index (κ2) is 6.57. The quantitative estimate of drug-likeness (QED) is 0.853. The molecule has 1 rings (SSSR count). The van der Waals surface area contributed by atoms with E-state index in [9.17, 15) is 4.79 Å². The molecule has 5 nitrogen and oxygen atoms in total. The Morgan fingerprint density at radius 3 is 2.63 bits per heavy atom. The fraction of sp³-hybridized carbons (Fsp3) is 0.929. The molecule has 5 heteroatoms. The highest BCUT2D eigenvalue weighted by Gasteiger charge is 2.37. The molecule has 0 bridgehead atoms. The molecule has 0 aromatic rings. The monoisotopic (exact) mass is 273 g/mol. The van der Waals surface area contributed by atoms with Crippen LogP contribution in [-0.4, -0.2) is 53.6 Å². The van der Waals surface area contributed by atoms with Crippen molar-refractivity contribution >= 4 is 6.09 Å². The van der Waals surface area contributed by atoms with E-state index in [-0.39, 0.29) is 18.3 Å². The first-order valence-corrected chi connectivity index (χ1v) is 7.05. The number of aliphatic hydroxyl groups excluding tert-OH is 1. The van der Waals surface area contributed by atoms with E-state index in [4.69, 9.17) is 14.6 Å². The van der Waals surface area contributed by atoms with Gasteiger partial charge < -0.3 is 19.5 Å². The first-order valence-electron chi connectivity index (χ1n) is 7.05. The van der Waals surface area contributed by atoms with Gasteiger partial charge in [0.05, 0.1) is 25.4 Å². The third-order valence-corrected chi connectivity index (χ3v) is 3.34. The highest BCUT2D eigenvalue weighted by Crippen LogP contribution is 2.29. The van der Waals surface area contributed by atoms with Crippen molar-refractivity contribution in [3.63, 3.8) is 0 Å². The summed E-state index contributed by atoms with van der Waals surface area (Å²) in [5.41, 5.74) is -0.812. The van der Waals surface area contributed by atoms with E-state index < -0.39 is 5.60 Å². The Hall–Kier alpha value is -0.810. The molecule has 1 N–H and O–H groups in total. The van der Waals surface area contributed by atoms with Gasteiger partial charge in [-0.1, -0.05) is 6.92 Å². The van der Waals surface area contributed by atoms with Gasteiger partial charge in [0.2, 0.25) is 0 Å². The fourth-order valence-electron chi connectivity index (χ4n) is 2.35. The summed E-state index contributed by atoms with van der Waals surface area (Å²) in [5, 5.41) is 8.90. The Morgan fingerprint density at radius 2 is 2.11 bits per heavy atom. The molecule has 1 amide bonds. The first kappa shape index (κ1) is 16.2. The standard InChI is InChI=1S/C14H27NO4/c1-5-14(18-10-9-16)7-6-8-15(11-14)12(17)19-13(2,3)4/h16H,5-11H2,1-4H3. The van der Waals surface area contributed by atoms with Crippen LogP contribution >= 0.6 is 0 Å².